The number of rotatable bonds is 2. The Kier molecular flexibility index (Phi) is 3.09. The Morgan fingerprint density at radius 3 is 2.65 bits per heavy atom. The minimum Gasteiger partial charge on any atom is -0.379 e. The van der Waals surface area contributed by atoms with Crippen LogP contribution in [0, 0.1) is 11.3 Å². The largest absolute Gasteiger partial charge is 0.379 e. The smallest absolute Gasteiger partial charge is 0.232 e. The van der Waals surface area contributed by atoms with E-state index in [0.29, 0.717) is 32.7 Å². The van der Waals surface area contributed by atoms with Gasteiger partial charge in [0.1, 0.15) is 0 Å². The second kappa shape index (κ2) is 4.27. The minimum atomic E-state index is -0.660. The van der Waals surface area contributed by atoms with Crippen molar-refractivity contribution >= 4 is 11.8 Å². The Hall–Kier alpha value is -1.14. The summed E-state index contributed by atoms with van der Waals surface area (Å²) < 4.78 is 5.26. The van der Waals surface area contributed by atoms with Crippen LogP contribution in [0.5, 0.6) is 0 Å². The van der Waals surface area contributed by atoms with Crippen molar-refractivity contribution in [1.82, 2.24) is 4.90 Å². The maximum Gasteiger partial charge on any atom is 0.232 e. The molecule has 0 aromatic carbocycles. The lowest BCUT2D eigenvalue weighted by Gasteiger charge is -2.30. The van der Waals surface area contributed by atoms with Crippen molar-refractivity contribution in [3.05, 3.63) is 0 Å². The SMILES string of the molecule is CC1(C(=O)N2CCC(C(N)=O)C2)COCC1N. The zero-order valence-corrected chi connectivity index (χ0v) is 10.0. The molecule has 2 rings (SSSR count). The molecule has 4 N–H and O–H groups in total. The number of hydrogen-bond acceptors (Lipinski definition) is 4. The van der Waals surface area contributed by atoms with Crippen LogP contribution in [0.1, 0.15) is 13.3 Å². The van der Waals surface area contributed by atoms with E-state index in [2.05, 4.69) is 0 Å². The van der Waals surface area contributed by atoms with Crippen LogP contribution in [-0.4, -0.2) is 49.1 Å². The Balaban J connectivity index is 2.04. The molecule has 6 heteroatoms. The molecule has 0 aliphatic carbocycles. The summed E-state index contributed by atoms with van der Waals surface area (Å²) in [6.07, 6.45) is 0.646. The van der Waals surface area contributed by atoms with E-state index in [9.17, 15) is 9.59 Å². The Labute approximate surface area is 100 Å². The lowest BCUT2D eigenvalue weighted by Crippen LogP contribution is -2.51. The molecular weight excluding hydrogens is 222 g/mol. The number of carbonyl (C=O) groups excluding carboxylic acids is 2. The molecular formula is C11H19N3O3. The van der Waals surface area contributed by atoms with Crippen LogP contribution in [0.4, 0.5) is 0 Å². The first-order valence-corrected chi connectivity index (χ1v) is 5.87. The fourth-order valence-corrected chi connectivity index (χ4v) is 2.45. The number of amides is 2. The van der Waals surface area contributed by atoms with Gasteiger partial charge in [-0.05, 0) is 13.3 Å². The third-order valence-electron chi connectivity index (χ3n) is 3.88. The summed E-state index contributed by atoms with van der Waals surface area (Å²) in [5.41, 5.74) is 10.5. The number of hydrogen-bond donors (Lipinski definition) is 2. The lowest BCUT2D eigenvalue weighted by molar-refractivity contribution is -0.140. The van der Waals surface area contributed by atoms with Crippen LogP contribution in [0.2, 0.25) is 0 Å². The normalized spacial score (nSPS) is 37.4. The van der Waals surface area contributed by atoms with Gasteiger partial charge in [-0.3, -0.25) is 9.59 Å². The van der Waals surface area contributed by atoms with Gasteiger partial charge in [0.2, 0.25) is 11.8 Å². The van der Waals surface area contributed by atoms with Crippen molar-refractivity contribution < 1.29 is 14.3 Å². The third-order valence-corrected chi connectivity index (χ3v) is 3.88. The molecule has 2 fully saturated rings. The van der Waals surface area contributed by atoms with Crippen LogP contribution in [0.3, 0.4) is 0 Å². The molecule has 2 saturated heterocycles. The van der Waals surface area contributed by atoms with Crippen molar-refractivity contribution in [3.8, 4) is 0 Å². The van der Waals surface area contributed by atoms with Gasteiger partial charge in [0.15, 0.2) is 0 Å². The highest BCUT2D eigenvalue weighted by Crippen LogP contribution is 2.31. The molecule has 6 nitrogen and oxygen atoms in total. The summed E-state index contributed by atoms with van der Waals surface area (Å²) in [6.45, 7) is 3.58. The summed E-state index contributed by atoms with van der Waals surface area (Å²) in [5, 5.41) is 0. The zero-order valence-electron chi connectivity index (χ0n) is 10.0. The molecule has 2 amide bonds. The van der Waals surface area contributed by atoms with Crippen LogP contribution >= 0.6 is 0 Å². The predicted molar refractivity (Wildman–Crippen MR) is 60.8 cm³/mol. The van der Waals surface area contributed by atoms with Gasteiger partial charge in [-0.2, -0.15) is 0 Å². The standard InChI is InChI=1S/C11H19N3O3/c1-11(6-17-5-8(11)12)10(16)14-3-2-7(4-14)9(13)15/h7-8H,2-6,12H2,1H3,(H2,13,15). The molecule has 17 heavy (non-hydrogen) atoms. The van der Waals surface area contributed by atoms with Crippen molar-refractivity contribution in [2.45, 2.75) is 19.4 Å². The first-order chi connectivity index (χ1) is 7.95. The van der Waals surface area contributed by atoms with Crippen molar-refractivity contribution in [3.63, 3.8) is 0 Å². The van der Waals surface area contributed by atoms with Crippen LogP contribution < -0.4 is 11.5 Å². The molecule has 0 saturated carbocycles. The maximum atomic E-state index is 12.4. The molecule has 0 bridgehead atoms. The van der Waals surface area contributed by atoms with Gasteiger partial charge in [-0.25, -0.2) is 0 Å². The highest BCUT2D eigenvalue weighted by molar-refractivity contribution is 5.85. The topological polar surface area (TPSA) is 98.6 Å². The first-order valence-electron chi connectivity index (χ1n) is 5.87. The van der Waals surface area contributed by atoms with Gasteiger partial charge in [-0.15, -0.1) is 0 Å². The third kappa shape index (κ3) is 2.02. The lowest BCUT2D eigenvalue weighted by atomic mass is 9.84. The Bertz CT molecular complexity index is 347. The summed E-state index contributed by atoms with van der Waals surface area (Å²) in [7, 11) is 0. The molecule has 3 unspecified atom stereocenters. The molecule has 2 aliphatic rings. The Morgan fingerprint density at radius 1 is 1.47 bits per heavy atom. The van der Waals surface area contributed by atoms with E-state index in [1.165, 1.54) is 0 Å². The van der Waals surface area contributed by atoms with Crippen molar-refractivity contribution in [2.24, 2.45) is 22.8 Å². The fourth-order valence-electron chi connectivity index (χ4n) is 2.45. The number of likely N-dealkylation sites (tertiary alicyclic amines) is 1. The summed E-state index contributed by atoms with van der Waals surface area (Å²) in [4.78, 5) is 25.1. The van der Waals surface area contributed by atoms with Gasteiger partial charge in [0.05, 0.1) is 24.5 Å². The minimum absolute atomic E-state index is 0.0220. The molecule has 0 aromatic heterocycles. The van der Waals surface area contributed by atoms with Crippen LogP contribution in [0.15, 0.2) is 0 Å². The number of ether oxygens (including phenoxy) is 1. The fraction of sp³-hybridized carbons (Fsp3) is 0.818. The zero-order chi connectivity index (χ0) is 12.6. The van der Waals surface area contributed by atoms with Crippen LogP contribution in [-0.2, 0) is 14.3 Å². The molecule has 2 heterocycles. The highest BCUT2D eigenvalue weighted by Gasteiger charge is 2.47. The molecule has 0 spiro atoms. The van der Waals surface area contributed by atoms with E-state index in [0.717, 1.165) is 0 Å². The average molecular weight is 241 g/mol. The molecule has 96 valence electrons. The molecule has 2 aliphatic heterocycles. The van der Waals surface area contributed by atoms with E-state index in [-0.39, 0.29) is 23.8 Å². The van der Waals surface area contributed by atoms with E-state index in [1.807, 2.05) is 6.92 Å². The van der Waals surface area contributed by atoms with Gasteiger partial charge >= 0.3 is 0 Å². The average Bonchev–Trinajstić information content (AvgIpc) is 2.87. The van der Waals surface area contributed by atoms with Crippen LogP contribution in [0.25, 0.3) is 0 Å². The number of carbonyl (C=O) groups is 2. The van der Waals surface area contributed by atoms with Gasteiger partial charge in [0.25, 0.3) is 0 Å². The quantitative estimate of drug-likeness (QED) is 0.626. The van der Waals surface area contributed by atoms with Gasteiger partial charge in [-0.1, -0.05) is 0 Å². The Morgan fingerprint density at radius 2 is 2.18 bits per heavy atom. The predicted octanol–water partition coefficient (Wildman–Crippen LogP) is -1.32. The molecule has 0 aromatic rings. The van der Waals surface area contributed by atoms with Crippen molar-refractivity contribution in [2.75, 3.05) is 26.3 Å². The van der Waals surface area contributed by atoms with E-state index in [4.69, 9.17) is 16.2 Å². The summed E-state index contributed by atoms with van der Waals surface area (Å²) >= 11 is 0. The maximum absolute atomic E-state index is 12.4. The van der Waals surface area contributed by atoms with E-state index >= 15 is 0 Å². The highest BCUT2D eigenvalue weighted by atomic mass is 16.5. The molecule has 0 radical (unpaired) electrons. The summed E-state index contributed by atoms with van der Waals surface area (Å²) in [5.74, 6) is -0.579. The first kappa shape index (κ1) is 12.3. The van der Waals surface area contributed by atoms with Crippen molar-refractivity contribution in [1.29, 1.82) is 0 Å². The number of nitrogens with zero attached hydrogens (tertiary/aromatic N) is 1. The number of primary amides is 1. The van der Waals surface area contributed by atoms with Gasteiger partial charge in [0, 0.05) is 19.1 Å². The number of nitrogens with two attached hydrogens (primary N) is 2. The van der Waals surface area contributed by atoms with Gasteiger partial charge < -0.3 is 21.1 Å². The van der Waals surface area contributed by atoms with E-state index < -0.39 is 5.41 Å². The van der Waals surface area contributed by atoms with E-state index in [1.54, 1.807) is 4.90 Å². The molecule has 3 atom stereocenters. The second-order valence-electron chi connectivity index (χ2n) is 5.18. The second-order valence-corrected chi connectivity index (χ2v) is 5.18. The summed E-state index contributed by atoms with van der Waals surface area (Å²) in [6, 6.07) is -0.275. The monoisotopic (exact) mass is 241 g/mol.